The molecule has 1 aliphatic carbocycles. The van der Waals surface area contributed by atoms with E-state index < -0.39 is 5.60 Å². The maximum absolute atomic E-state index is 12.1. The summed E-state index contributed by atoms with van der Waals surface area (Å²) in [4.78, 5) is 12.1. The van der Waals surface area contributed by atoms with Crippen LogP contribution in [0.2, 0.25) is 0 Å². The van der Waals surface area contributed by atoms with Crippen molar-refractivity contribution in [1.29, 1.82) is 0 Å². The van der Waals surface area contributed by atoms with Crippen LogP contribution in [0.5, 0.6) is 0 Å². The first-order valence-corrected chi connectivity index (χ1v) is 7.71. The molecule has 1 N–H and O–H groups in total. The van der Waals surface area contributed by atoms with Crippen LogP contribution in [0.4, 0.5) is 0 Å². The first-order chi connectivity index (χ1) is 8.10. The molecule has 0 radical (unpaired) electrons. The maximum atomic E-state index is 12.1. The molecule has 1 aliphatic heterocycles. The standard InChI is InChI=1S/C13H22BrNO2/c1-12(5-4-8-17-12)11(16)15-10-13(9-14)6-2-3-7-13/h2-10H2,1H3,(H,15,16). The van der Waals surface area contributed by atoms with Crippen LogP contribution in [0.1, 0.15) is 45.4 Å². The summed E-state index contributed by atoms with van der Waals surface area (Å²) in [6.07, 6.45) is 6.85. The average molecular weight is 304 g/mol. The summed E-state index contributed by atoms with van der Waals surface area (Å²) in [5, 5.41) is 4.09. The lowest BCUT2D eigenvalue weighted by Crippen LogP contribution is -2.47. The molecule has 0 aromatic rings. The van der Waals surface area contributed by atoms with Gasteiger partial charge >= 0.3 is 0 Å². The number of alkyl halides is 1. The Bertz CT molecular complexity index is 281. The first kappa shape index (κ1) is 13.3. The van der Waals surface area contributed by atoms with Gasteiger partial charge < -0.3 is 10.1 Å². The minimum atomic E-state index is -0.577. The van der Waals surface area contributed by atoms with E-state index in [1.165, 1.54) is 25.7 Å². The predicted octanol–water partition coefficient (Wildman–Crippen LogP) is 2.63. The predicted molar refractivity (Wildman–Crippen MR) is 71.3 cm³/mol. The Balaban J connectivity index is 1.87. The van der Waals surface area contributed by atoms with Crippen molar-refractivity contribution in [2.75, 3.05) is 18.5 Å². The molecule has 0 aromatic carbocycles. The normalized spacial score (nSPS) is 31.6. The highest BCUT2D eigenvalue weighted by atomic mass is 79.9. The van der Waals surface area contributed by atoms with Gasteiger partial charge in [-0.05, 0) is 38.0 Å². The number of nitrogens with one attached hydrogen (secondary N) is 1. The summed E-state index contributed by atoms with van der Waals surface area (Å²) in [7, 11) is 0. The molecule has 2 rings (SSSR count). The Hall–Kier alpha value is -0.0900. The largest absolute Gasteiger partial charge is 0.365 e. The Kier molecular flexibility index (Phi) is 4.14. The summed E-state index contributed by atoms with van der Waals surface area (Å²) in [6.45, 7) is 3.41. The van der Waals surface area contributed by atoms with Crippen LogP contribution in [0.25, 0.3) is 0 Å². The van der Waals surface area contributed by atoms with Crippen molar-refractivity contribution < 1.29 is 9.53 Å². The number of carbonyl (C=O) groups is 1. The Morgan fingerprint density at radius 1 is 1.29 bits per heavy atom. The lowest BCUT2D eigenvalue weighted by atomic mass is 9.88. The smallest absolute Gasteiger partial charge is 0.251 e. The third-order valence-corrected chi connectivity index (χ3v) is 5.46. The van der Waals surface area contributed by atoms with E-state index in [0.717, 1.165) is 24.7 Å². The van der Waals surface area contributed by atoms with Gasteiger partial charge in [-0.2, -0.15) is 0 Å². The molecule has 0 bridgehead atoms. The van der Waals surface area contributed by atoms with E-state index in [9.17, 15) is 4.79 Å². The van der Waals surface area contributed by atoms with Crippen LogP contribution in [0, 0.1) is 5.41 Å². The molecule has 1 atom stereocenters. The van der Waals surface area contributed by atoms with E-state index in [1.54, 1.807) is 0 Å². The number of amides is 1. The zero-order valence-corrected chi connectivity index (χ0v) is 12.1. The highest BCUT2D eigenvalue weighted by Crippen LogP contribution is 2.39. The molecule has 0 spiro atoms. The molecule has 1 heterocycles. The van der Waals surface area contributed by atoms with Crippen molar-refractivity contribution in [3.8, 4) is 0 Å². The minimum absolute atomic E-state index is 0.0715. The summed E-state index contributed by atoms with van der Waals surface area (Å²) < 4.78 is 5.56. The fraction of sp³-hybridized carbons (Fsp3) is 0.923. The van der Waals surface area contributed by atoms with Gasteiger partial charge in [0.05, 0.1) is 0 Å². The van der Waals surface area contributed by atoms with Crippen molar-refractivity contribution in [1.82, 2.24) is 5.32 Å². The summed E-state index contributed by atoms with van der Waals surface area (Å²) >= 11 is 3.60. The number of hydrogen-bond donors (Lipinski definition) is 1. The second kappa shape index (κ2) is 5.27. The van der Waals surface area contributed by atoms with Crippen molar-refractivity contribution in [3.63, 3.8) is 0 Å². The molecule has 0 aromatic heterocycles. The highest BCUT2D eigenvalue weighted by molar-refractivity contribution is 9.09. The number of halogens is 1. The molecule has 1 saturated carbocycles. The third-order valence-electron chi connectivity index (χ3n) is 4.27. The van der Waals surface area contributed by atoms with E-state index in [4.69, 9.17) is 4.74 Å². The van der Waals surface area contributed by atoms with Gasteiger partial charge in [-0.3, -0.25) is 4.79 Å². The highest BCUT2D eigenvalue weighted by Gasteiger charge is 2.39. The molecule has 1 amide bonds. The van der Waals surface area contributed by atoms with Crippen LogP contribution in [0.3, 0.4) is 0 Å². The average Bonchev–Trinajstić information content (AvgIpc) is 2.96. The van der Waals surface area contributed by atoms with E-state index >= 15 is 0 Å². The van der Waals surface area contributed by atoms with Crippen LogP contribution in [-0.4, -0.2) is 30.0 Å². The van der Waals surface area contributed by atoms with E-state index in [1.807, 2.05) is 6.92 Å². The van der Waals surface area contributed by atoms with Crippen LogP contribution >= 0.6 is 15.9 Å². The maximum Gasteiger partial charge on any atom is 0.251 e. The lowest BCUT2D eigenvalue weighted by Gasteiger charge is -2.29. The van der Waals surface area contributed by atoms with Gasteiger partial charge in [0.1, 0.15) is 5.60 Å². The molecule has 4 heteroatoms. The second-order valence-electron chi connectivity index (χ2n) is 5.71. The van der Waals surface area contributed by atoms with E-state index in [0.29, 0.717) is 6.61 Å². The molecule has 2 aliphatic rings. The molecule has 3 nitrogen and oxygen atoms in total. The molecule has 1 unspecified atom stereocenters. The van der Waals surface area contributed by atoms with Gasteiger partial charge in [0.15, 0.2) is 0 Å². The van der Waals surface area contributed by atoms with Crippen molar-refractivity contribution in [2.45, 2.75) is 51.0 Å². The van der Waals surface area contributed by atoms with Crippen molar-refractivity contribution in [2.24, 2.45) is 5.41 Å². The SMILES string of the molecule is CC1(C(=O)NCC2(CBr)CCCC2)CCCO1. The summed E-state index contributed by atoms with van der Waals surface area (Å²) in [6, 6.07) is 0. The third kappa shape index (κ3) is 2.84. The molecule has 17 heavy (non-hydrogen) atoms. The number of ether oxygens (including phenoxy) is 1. The molecule has 98 valence electrons. The monoisotopic (exact) mass is 303 g/mol. The lowest BCUT2D eigenvalue weighted by molar-refractivity contribution is -0.139. The fourth-order valence-corrected chi connectivity index (χ4v) is 3.65. The van der Waals surface area contributed by atoms with Crippen LogP contribution < -0.4 is 5.32 Å². The number of hydrogen-bond acceptors (Lipinski definition) is 2. The number of rotatable bonds is 4. The van der Waals surface area contributed by atoms with Gasteiger partial charge in [-0.15, -0.1) is 0 Å². The topological polar surface area (TPSA) is 38.3 Å². The quantitative estimate of drug-likeness (QED) is 0.811. The van der Waals surface area contributed by atoms with Gasteiger partial charge in [0, 0.05) is 18.5 Å². The summed E-state index contributed by atoms with van der Waals surface area (Å²) in [5.41, 5.74) is -0.295. The Morgan fingerprint density at radius 2 is 2.00 bits per heavy atom. The zero-order valence-electron chi connectivity index (χ0n) is 10.6. The number of carbonyl (C=O) groups excluding carboxylic acids is 1. The first-order valence-electron chi connectivity index (χ1n) is 6.59. The van der Waals surface area contributed by atoms with Crippen molar-refractivity contribution >= 4 is 21.8 Å². The Labute approximate surface area is 112 Å². The van der Waals surface area contributed by atoms with E-state index in [2.05, 4.69) is 21.2 Å². The molecule has 1 saturated heterocycles. The second-order valence-corrected chi connectivity index (χ2v) is 6.27. The van der Waals surface area contributed by atoms with Gasteiger partial charge in [0.2, 0.25) is 0 Å². The van der Waals surface area contributed by atoms with Crippen LogP contribution in [-0.2, 0) is 9.53 Å². The zero-order chi connectivity index (χ0) is 12.4. The van der Waals surface area contributed by atoms with Gasteiger partial charge in [0.25, 0.3) is 5.91 Å². The Morgan fingerprint density at radius 3 is 2.53 bits per heavy atom. The van der Waals surface area contributed by atoms with Gasteiger partial charge in [-0.1, -0.05) is 28.8 Å². The van der Waals surface area contributed by atoms with Gasteiger partial charge in [-0.25, -0.2) is 0 Å². The van der Waals surface area contributed by atoms with E-state index in [-0.39, 0.29) is 11.3 Å². The minimum Gasteiger partial charge on any atom is -0.365 e. The molecule has 2 fully saturated rings. The fourth-order valence-electron chi connectivity index (χ4n) is 2.90. The van der Waals surface area contributed by atoms with Crippen LogP contribution in [0.15, 0.2) is 0 Å². The summed E-state index contributed by atoms with van der Waals surface area (Å²) in [5.74, 6) is 0.0715. The van der Waals surface area contributed by atoms with Crippen molar-refractivity contribution in [3.05, 3.63) is 0 Å². The molecular weight excluding hydrogens is 282 g/mol. The molecular formula is C13H22BrNO2.